The van der Waals surface area contributed by atoms with Gasteiger partial charge in [0, 0.05) is 23.1 Å². The number of rotatable bonds is 5. The summed E-state index contributed by atoms with van der Waals surface area (Å²) in [6, 6.07) is 6.53. The first-order chi connectivity index (χ1) is 13.7. The minimum atomic E-state index is -3.64. The fourth-order valence-electron chi connectivity index (χ4n) is 3.03. The van der Waals surface area contributed by atoms with Crippen LogP contribution in [-0.4, -0.2) is 30.1 Å². The van der Waals surface area contributed by atoms with Crippen LogP contribution in [0.3, 0.4) is 0 Å². The molecule has 7 nitrogen and oxygen atoms in total. The first-order valence-electron chi connectivity index (χ1n) is 10.2. The summed E-state index contributed by atoms with van der Waals surface area (Å²) >= 11 is 0. The number of aryl methyl sites for hydroxylation is 1. The fourth-order valence-corrected chi connectivity index (χ4v) is 4.36. The van der Waals surface area contributed by atoms with Crippen LogP contribution < -0.4 is 10.0 Å². The van der Waals surface area contributed by atoms with Gasteiger partial charge in [0.25, 0.3) is 5.91 Å². The molecule has 2 aromatic rings. The Morgan fingerprint density at radius 2 is 1.73 bits per heavy atom. The molecule has 1 aromatic heterocycles. The van der Waals surface area contributed by atoms with E-state index in [1.807, 2.05) is 26.8 Å². The lowest BCUT2D eigenvalue weighted by Gasteiger charge is -2.23. The summed E-state index contributed by atoms with van der Waals surface area (Å²) in [5, 5.41) is 7.66. The van der Waals surface area contributed by atoms with Gasteiger partial charge in [-0.1, -0.05) is 26.8 Å². The lowest BCUT2D eigenvalue weighted by Crippen LogP contribution is -2.28. The average Bonchev–Trinajstić information content (AvgIpc) is 3.27. The Morgan fingerprint density at radius 3 is 2.27 bits per heavy atom. The van der Waals surface area contributed by atoms with Crippen molar-refractivity contribution in [1.82, 2.24) is 14.5 Å². The normalized spacial score (nSPS) is 15.3. The summed E-state index contributed by atoms with van der Waals surface area (Å²) in [6.45, 7) is 14.1. The zero-order chi connectivity index (χ0) is 22.5. The van der Waals surface area contributed by atoms with Gasteiger partial charge in [-0.15, -0.1) is 0 Å². The molecule has 0 atom stereocenters. The molecular formula is C22H32N4O3S. The maximum atomic E-state index is 13.1. The molecule has 8 heteroatoms. The fraction of sp³-hybridized carbons (Fsp3) is 0.545. The van der Waals surface area contributed by atoms with Crippen LogP contribution >= 0.6 is 0 Å². The summed E-state index contributed by atoms with van der Waals surface area (Å²) in [4.78, 5) is 13.2. The number of anilines is 1. The Hall–Kier alpha value is -2.19. The molecule has 1 amide bonds. The van der Waals surface area contributed by atoms with Crippen LogP contribution in [0.15, 0.2) is 29.2 Å². The van der Waals surface area contributed by atoms with Gasteiger partial charge in [0.1, 0.15) is 5.82 Å². The van der Waals surface area contributed by atoms with Gasteiger partial charge in [-0.25, -0.2) is 17.8 Å². The van der Waals surface area contributed by atoms with E-state index < -0.39 is 10.0 Å². The van der Waals surface area contributed by atoms with Crippen molar-refractivity contribution >= 4 is 21.7 Å². The van der Waals surface area contributed by atoms with E-state index in [0.717, 1.165) is 18.5 Å². The molecule has 1 aromatic carbocycles. The van der Waals surface area contributed by atoms with E-state index in [0.29, 0.717) is 16.9 Å². The van der Waals surface area contributed by atoms with E-state index in [4.69, 9.17) is 5.10 Å². The topological polar surface area (TPSA) is 93.1 Å². The maximum absolute atomic E-state index is 13.1. The van der Waals surface area contributed by atoms with E-state index in [1.165, 1.54) is 12.1 Å². The molecule has 1 aliphatic rings. The highest BCUT2D eigenvalue weighted by Gasteiger charge is 2.29. The summed E-state index contributed by atoms with van der Waals surface area (Å²) in [5.41, 5.74) is 1.40. The van der Waals surface area contributed by atoms with E-state index in [-0.39, 0.29) is 27.8 Å². The first-order valence-corrected chi connectivity index (χ1v) is 11.7. The lowest BCUT2D eigenvalue weighted by molar-refractivity contribution is 0.102. The van der Waals surface area contributed by atoms with Crippen LogP contribution in [-0.2, 0) is 21.0 Å². The third-order valence-electron chi connectivity index (χ3n) is 5.02. The molecule has 30 heavy (non-hydrogen) atoms. The third-order valence-corrected chi connectivity index (χ3v) is 6.54. The average molecular weight is 433 g/mol. The summed E-state index contributed by atoms with van der Waals surface area (Å²) < 4.78 is 29.6. The molecule has 0 unspecified atom stereocenters. The second-order valence-corrected chi connectivity index (χ2v) is 11.8. The highest BCUT2D eigenvalue weighted by Crippen LogP contribution is 2.29. The molecule has 0 bridgehead atoms. The number of benzene rings is 1. The van der Waals surface area contributed by atoms with Crippen LogP contribution in [0.5, 0.6) is 0 Å². The van der Waals surface area contributed by atoms with Crippen molar-refractivity contribution in [3.05, 3.63) is 41.1 Å². The Kier molecular flexibility index (Phi) is 5.62. The van der Waals surface area contributed by atoms with Gasteiger partial charge in [-0.2, -0.15) is 5.10 Å². The van der Waals surface area contributed by atoms with Gasteiger partial charge in [0.2, 0.25) is 10.0 Å². The summed E-state index contributed by atoms with van der Waals surface area (Å²) in [5.74, 6) is 0.225. The molecule has 0 spiro atoms. The predicted octanol–water partition coefficient (Wildman–Crippen LogP) is 3.94. The predicted molar refractivity (Wildman–Crippen MR) is 118 cm³/mol. The summed E-state index contributed by atoms with van der Waals surface area (Å²) in [6.07, 6.45) is 1.71. The number of amides is 1. The Balaban J connectivity index is 1.94. The van der Waals surface area contributed by atoms with Crippen LogP contribution in [0, 0.1) is 6.92 Å². The molecule has 1 heterocycles. The number of carbonyl (C=O) groups excluding carboxylic acids is 1. The number of hydrogen-bond donors (Lipinski definition) is 2. The minimum Gasteiger partial charge on any atom is -0.307 e. The lowest BCUT2D eigenvalue weighted by atomic mass is 9.92. The van der Waals surface area contributed by atoms with Crippen molar-refractivity contribution in [3.8, 4) is 0 Å². The molecule has 1 fully saturated rings. The largest absolute Gasteiger partial charge is 0.307 e. The Labute approximate surface area is 179 Å². The SMILES string of the molecule is Cc1ccc(S(=O)(=O)NC2CC2)cc1C(=O)Nc1cc(C(C)(C)C)nn1C(C)(C)C. The van der Waals surface area contributed by atoms with Crippen molar-refractivity contribution in [2.24, 2.45) is 0 Å². The molecule has 2 N–H and O–H groups in total. The molecule has 1 aliphatic carbocycles. The third kappa shape index (κ3) is 4.92. The van der Waals surface area contributed by atoms with Crippen molar-refractivity contribution < 1.29 is 13.2 Å². The molecule has 1 saturated carbocycles. The monoisotopic (exact) mass is 432 g/mol. The van der Waals surface area contributed by atoms with Gasteiger partial charge in [0.05, 0.1) is 16.1 Å². The number of hydrogen-bond acceptors (Lipinski definition) is 4. The smallest absolute Gasteiger partial charge is 0.257 e. The van der Waals surface area contributed by atoms with Gasteiger partial charge < -0.3 is 5.32 Å². The van der Waals surface area contributed by atoms with Crippen LogP contribution in [0.2, 0.25) is 0 Å². The van der Waals surface area contributed by atoms with E-state index in [2.05, 4.69) is 30.8 Å². The summed E-state index contributed by atoms with van der Waals surface area (Å²) in [7, 11) is -3.64. The molecule has 0 radical (unpaired) electrons. The van der Waals surface area contributed by atoms with Crippen molar-refractivity contribution in [3.63, 3.8) is 0 Å². The Bertz CT molecular complexity index is 1070. The number of nitrogens with zero attached hydrogens (tertiary/aromatic N) is 2. The zero-order valence-electron chi connectivity index (χ0n) is 18.8. The highest BCUT2D eigenvalue weighted by atomic mass is 32.2. The van der Waals surface area contributed by atoms with Crippen LogP contribution in [0.1, 0.15) is 76.0 Å². The van der Waals surface area contributed by atoms with Crippen molar-refractivity contribution in [2.45, 2.75) is 83.2 Å². The molecule has 3 rings (SSSR count). The number of aromatic nitrogens is 2. The maximum Gasteiger partial charge on any atom is 0.257 e. The van der Waals surface area contributed by atoms with Crippen molar-refractivity contribution in [1.29, 1.82) is 0 Å². The van der Waals surface area contributed by atoms with E-state index in [1.54, 1.807) is 17.7 Å². The van der Waals surface area contributed by atoms with Gasteiger partial charge in [0.15, 0.2) is 0 Å². The molecule has 164 valence electrons. The quantitative estimate of drug-likeness (QED) is 0.748. The standard InChI is InChI=1S/C22H32N4O3S/c1-14-8-11-16(30(28,29)25-15-9-10-15)12-17(14)20(27)23-19-13-18(21(2,3)4)24-26(19)22(5,6)7/h8,11-13,15,25H,9-10H2,1-7H3,(H,23,27). The molecular weight excluding hydrogens is 400 g/mol. The van der Waals surface area contributed by atoms with Gasteiger partial charge in [-0.05, 0) is 58.2 Å². The van der Waals surface area contributed by atoms with Crippen LogP contribution in [0.4, 0.5) is 5.82 Å². The minimum absolute atomic E-state index is 0.00513. The van der Waals surface area contributed by atoms with E-state index in [9.17, 15) is 13.2 Å². The zero-order valence-corrected chi connectivity index (χ0v) is 19.6. The van der Waals surface area contributed by atoms with Gasteiger partial charge >= 0.3 is 0 Å². The number of nitrogens with one attached hydrogen (secondary N) is 2. The highest BCUT2D eigenvalue weighted by molar-refractivity contribution is 7.89. The first kappa shape index (κ1) is 22.5. The second kappa shape index (κ2) is 7.50. The Morgan fingerprint density at radius 1 is 1.10 bits per heavy atom. The second-order valence-electron chi connectivity index (χ2n) is 10.1. The van der Waals surface area contributed by atoms with E-state index >= 15 is 0 Å². The molecule has 0 aliphatic heterocycles. The van der Waals surface area contributed by atoms with Crippen LogP contribution in [0.25, 0.3) is 0 Å². The van der Waals surface area contributed by atoms with Crippen molar-refractivity contribution in [2.75, 3.05) is 5.32 Å². The number of carbonyl (C=O) groups is 1. The molecule has 0 saturated heterocycles. The van der Waals surface area contributed by atoms with Gasteiger partial charge in [-0.3, -0.25) is 4.79 Å². The number of sulfonamides is 1.